The molecule has 16 heavy (non-hydrogen) atoms. The minimum absolute atomic E-state index is 0.0242. The second kappa shape index (κ2) is 7.49. The normalized spacial score (nSPS) is 10.4. The summed E-state index contributed by atoms with van der Waals surface area (Å²) in [5, 5.41) is 21.5. The third-order valence-corrected chi connectivity index (χ3v) is 2.69. The number of aliphatic hydroxyl groups excluding tert-OH is 2. The van der Waals surface area contributed by atoms with Crippen LogP contribution in [-0.4, -0.2) is 23.4 Å². The monoisotopic (exact) mass is 243 g/mol. The van der Waals surface area contributed by atoms with Gasteiger partial charge in [0.15, 0.2) is 0 Å². The average molecular weight is 244 g/mol. The average Bonchev–Trinajstić information content (AvgIpc) is 2.31. The van der Waals surface area contributed by atoms with Gasteiger partial charge in [-0.15, -0.1) is 0 Å². The van der Waals surface area contributed by atoms with Gasteiger partial charge in [-0.1, -0.05) is 17.7 Å². The van der Waals surface area contributed by atoms with Crippen LogP contribution in [0.1, 0.15) is 24.8 Å². The molecule has 0 bridgehead atoms. The molecule has 3 nitrogen and oxygen atoms in total. The Hall–Kier alpha value is -0.770. The summed E-state index contributed by atoms with van der Waals surface area (Å²) >= 11 is 6.01. The fourth-order valence-corrected chi connectivity index (χ4v) is 1.63. The molecule has 0 saturated carbocycles. The highest BCUT2D eigenvalue weighted by atomic mass is 35.5. The van der Waals surface area contributed by atoms with Gasteiger partial charge in [-0.3, -0.25) is 0 Å². The summed E-state index contributed by atoms with van der Waals surface area (Å²) in [6.45, 7) is 1.10. The number of rotatable bonds is 7. The van der Waals surface area contributed by atoms with Crippen LogP contribution >= 0.6 is 11.6 Å². The van der Waals surface area contributed by atoms with Crippen LogP contribution in [0.25, 0.3) is 0 Å². The Morgan fingerprint density at radius 3 is 2.62 bits per heavy atom. The molecule has 0 radical (unpaired) electrons. The molecule has 1 rings (SSSR count). The van der Waals surface area contributed by atoms with Gasteiger partial charge in [0.2, 0.25) is 0 Å². The Labute approximate surface area is 101 Å². The predicted octanol–water partition coefficient (Wildman–Crippen LogP) is 2.41. The third-order valence-electron chi connectivity index (χ3n) is 2.36. The number of unbranched alkanes of at least 4 members (excludes halogenated alkanes) is 2. The van der Waals surface area contributed by atoms with Crippen LogP contribution < -0.4 is 5.32 Å². The van der Waals surface area contributed by atoms with Crippen molar-refractivity contribution >= 4 is 17.3 Å². The minimum Gasteiger partial charge on any atom is -0.396 e. The number of benzene rings is 1. The van der Waals surface area contributed by atoms with E-state index in [1.807, 2.05) is 6.07 Å². The molecule has 0 saturated heterocycles. The molecular weight excluding hydrogens is 226 g/mol. The van der Waals surface area contributed by atoms with Crippen molar-refractivity contribution in [2.45, 2.75) is 25.9 Å². The van der Waals surface area contributed by atoms with Crippen molar-refractivity contribution in [3.8, 4) is 0 Å². The van der Waals surface area contributed by atoms with Crippen LogP contribution in [0.4, 0.5) is 5.69 Å². The van der Waals surface area contributed by atoms with Gasteiger partial charge < -0.3 is 15.5 Å². The van der Waals surface area contributed by atoms with Crippen LogP contribution in [-0.2, 0) is 6.61 Å². The molecule has 3 N–H and O–H groups in total. The number of hydrogen-bond donors (Lipinski definition) is 3. The molecule has 0 fully saturated rings. The molecule has 0 amide bonds. The maximum absolute atomic E-state index is 9.00. The molecule has 0 atom stereocenters. The zero-order chi connectivity index (χ0) is 11.8. The van der Waals surface area contributed by atoms with Crippen LogP contribution in [0.15, 0.2) is 18.2 Å². The lowest BCUT2D eigenvalue weighted by atomic mass is 10.2. The lowest BCUT2D eigenvalue weighted by Crippen LogP contribution is -2.03. The largest absolute Gasteiger partial charge is 0.396 e. The molecule has 1 aromatic rings. The van der Waals surface area contributed by atoms with Crippen molar-refractivity contribution in [1.29, 1.82) is 0 Å². The molecule has 1 aromatic carbocycles. The second-order valence-corrected chi connectivity index (χ2v) is 4.09. The van der Waals surface area contributed by atoms with E-state index in [-0.39, 0.29) is 13.2 Å². The summed E-state index contributed by atoms with van der Waals surface area (Å²) in [6, 6.07) is 5.44. The van der Waals surface area contributed by atoms with Gasteiger partial charge >= 0.3 is 0 Å². The molecule has 4 heteroatoms. The first-order valence-electron chi connectivity index (χ1n) is 5.52. The maximum Gasteiger partial charge on any atom is 0.0682 e. The Balaban J connectivity index is 2.40. The van der Waals surface area contributed by atoms with Crippen molar-refractivity contribution in [1.82, 2.24) is 0 Å². The van der Waals surface area contributed by atoms with Gasteiger partial charge in [0.1, 0.15) is 0 Å². The number of hydrogen-bond acceptors (Lipinski definition) is 3. The second-order valence-electron chi connectivity index (χ2n) is 3.68. The standard InChI is InChI=1S/C12H18ClNO2/c13-11-5-4-10(9-16)8-12(11)14-6-2-1-3-7-15/h4-5,8,14-16H,1-3,6-7,9H2. The highest BCUT2D eigenvalue weighted by Gasteiger charge is 2.00. The van der Waals surface area contributed by atoms with Gasteiger partial charge in [-0.2, -0.15) is 0 Å². The summed E-state index contributed by atoms with van der Waals surface area (Å²) in [5.41, 5.74) is 1.71. The molecule has 0 aliphatic carbocycles. The molecule has 0 aromatic heterocycles. The summed E-state index contributed by atoms with van der Waals surface area (Å²) in [6.07, 6.45) is 2.84. The zero-order valence-corrected chi connectivity index (χ0v) is 10.0. The SMILES string of the molecule is OCCCCCNc1cc(CO)ccc1Cl. The summed E-state index contributed by atoms with van der Waals surface area (Å²) in [4.78, 5) is 0. The molecule has 0 aliphatic heterocycles. The Kier molecular flexibility index (Phi) is 6.23. The van der Waals surface area contributed by atoms with Crippen molar-refractivity contribution < 1.29 is 10.2 Å². The minimum atomic E-state index is 0.0242. The quantitative estimate of drug-likeness (QED) is 0.645. The van der Waals surface area contributed by atoms with Crippen molar-refractivity contribution in [3.05, 3.63) is 28.8 Å². The van der Waals surface area contributed by atoms with Crippen molar-refractivity contribution in [2.75, 3.05) is 18.5 Å². The van der Waals surface area contributed by atoms with E-state index in [4.69, 9.17) is 21.8 Å². The molecule has 90 valence electrons. The molecular formula is C12H18ClNO2. The summed E-state index contributed by atoms with van der Waals surface area (Å²) in [7, 11) is 0. The smallest absolute Gasteiger partial charge is 0.0682 e. The zero-order valence-electron chi connectivity index (χ0n) is 9.25. The van der Waals surface area contributed by atoms with Crippen LogP contribution in [0.5, 0.6) is 0 Å². The van der Waals surface area contributed by atoms with E-state index in [1.165, 1.54) is 0 Å². The van der Waals surface area contributed by atoms with E-state index in [2.05, 4.69) is 5.32 Å². The molecule has 0 unspecified atom stereocenters. The maximum atomic E-state index is 9.00. The van der Waals surface area contributed by atoms with Gasteiger partial charge in [-0.05, 0) is 37.0 Å². The fourth-order valence-electron chi connectivity index (χ4n) is 1.44. The third kappa shape index (κ3) is 4.39. The Bertz CT molecular complexity index is 318. The fraction of sp³-hybridized carbons (Fsp3) is 0.500. The Morgan fingerprint density at radius 2 is 1.94 bits per heavy atom. The van der Waals surface area contributed by atoms with E-state index in [0.29, 0.717) is 5.02 Å². The predicted molar refractivity (Wildman–Crippen MR) is 66.8 cm³/mol. The van der Waals surface area contributed by atoms with Gasteiger partial charge in [-0.25, -0.2) is 0 Å². The number of anilines is 1. The molecule has 0 aliphatic rings. The first kappa shape index (κ1) is 13.3. The summed E-state index contributed by atoms with van der Waals surface area (Å²) < 4.78 is 0. The van der Waals surface area contributed by atoms with Crippen LogP contribution in [0, 0.1) is 0 Å². The van der Waals surface area contributed by atoms with E-state index < -0.39 is 0 Å². The van der Waals surface area contributed by atoms with E-state index in [1.54, 1.807) is 12.1 Å². The number of nitrogens with one attached hydrogen (secondary N) is 1. The lowest BCUT2D eigenvalue weighted by Gasteiger charge is -2.09. The van der Waals surface area contributed by atoms with Crippen molar-refractivity contribution in [3.63, 3.8) is 0 Å². The molecule has 0 spiro atoms. The lowest BCUT2D eigenvalue weighted by molar-refractivity contribution is 0.282. The number of aliphatic hydroxyl groups is 2. The highest BCUT2D eigenvalue weighted by molar-refractivity contribution is 6.33. The van der Waals surface area contributed by atoms with Gasteiger partial charge in [0.05, 0.1) is 17.3 Å². The highest BCUT2D eigenvalue weighted by Crippen LogP contribution is 2.23. The molecule has 0 heterocycles. The first-order valence-corrected chi connectivity index (χ1v) is 5.89. The van der Waals surface area contributed by atoms with Crippen molar-refractivity contribution in [2.24, 2.45) is 0 Å². The first-order chi connectivity index (χ1) is 7.77. The topological polar surface area (TPSA) is 52.5 Å². The van der Waals surface area contributed by atoms with Gasteiger partial charge in [0, 0.05) is 13.2 Å². The van der Waals surface area contributed by atoms with Crippen LogP contribution in [0.3, 0.4) is 0 Å². The van der Waals surface area contributed by atoms with Gasteiger partial charge in [0.25, 0.3) is 0 Å². The number of halogens is 1. The van der Waals surface area contributed by atoms with E-state index in [9.17, 15) is 0 Å². The summed E-state index contributed by atoms with van der Waals surface area (Å²) in [5.74, 6) is 0. The Morgan fingerprint density at radius 1 is 1.12 bits per heavy atom. The van der Waals surface area contributed by atoms with E-state index in [0.717, 1.165) is 37.1 Å². The van der Waals surface area contributed by atoms with E-state index >= 15 is 0 Å². The van der Waals surface area contributed by atoms with Crippen LogP contribution in [0.2, 0.25) is 5.02 Å².